The number of nitrogens with one attached hydrogen (secondary N) is 1. The second-order valence-electron chi connectivity index (χ2n) is 7.56. The zero-order valence-electron chi connectivity index (χ0n) is 15.2. The summed E-state index contributed by atoms with van der Waals surface area (Å²) in [5.74, 6) is -0.0159. The number of imide groups is 1. The summed E-state index contributed by atoms with van der Waals surface area (Å²) in [6.07, 6.45) is 3.22. The highest BCUT2D eigenvalue weighted by Crippen LogP contribution is 2.60. The lowest BCUT2D eigenvalue weighted by Crippen LogP contribution is -2.58. The third-order valence-electron chi connectivity index (χ3n) is 6.00. The third-order valence-corrected chi connectivity index (χ3v) is 7.19. The standard InChI is InChI=1S/C19H23N3O2S2/c1-18(2)14-9-10-19(18,3)16(24)22(15(14)23)12-26-17(25)21-20-11-13-7-5-4-6-8-13/h4-8,11,14H,9-10,12H2,1-3H3,(H,21,25)/t14-,19-/m0/s1. The highest BCUT2D eigenvalue weighted by molar-refractivity contribution is 8.22. The SMILES string of the molecule is CC1(C)[C@H]2CC[C@@]1(C)C(=O)N(CSC(=S)NN=Cc1ccccc1)C2=O. The summed E-state index contributed by atoms with van der Waals surface area (Å²) in [5.41, 5.74) is 2.97. The van der Waals surface area contributed by atoms with E-state index in [1.165, 1.54) is 16.7 Å². The normalized spacial score (nSPS) is 27.2. The molecule has 3 rings (SSSR count). The average molecular weight is 390 g/mol. The van der Waals surface area contributed by atoms with Crippen LogP contribution in [0.15, 0.2) is 35.4 Å². The van der Waals surface area contributed by atoms with Gasteiger partial charge in [-0.25, -0.2) is 0 Å². The lowest BCUT2D eigenvalue weighted by Gasteiger charge is -2.47. The first-order chi connectivity index (χ1) is 12.3. The van der Waals surface area contributed by atoms with Crippen LogP contribution < -0.4 is 5.43 Å². The Labute approximate surface area is 163 Å². The smallest absolute Gasteiger partial charge is 0.236 e. The van der Waals surface area contributed by atoms with Crippen LogP contribution in [0.4, 0.5) is 0 Å². The summed E-state index contributed by atoms with van der Waals surface area (Å²) in [4.78, 5) is 27.1. The van der Waals surface area contributed by atoms with Gasteiger partial charge in [-0.15, -0.1) is 0 Å². The summed E-state index contributed by atoms with van der Waals surface area (Å²) in [6, 6.07) is 9.67. The van der Waals surface area contributed by atoms with Crippen molar-refractivity contribution >= 4 is 46.3 Å². The minimum atomic E-state index is -0.480. The number of piperidine rings is 1. The Morgan fingerprint density at radius 3 is 2.73 bits per heavy atom. The van der Waals surface area contributed by atoms with E-state index in [4.69, 9.17) is 12.2 Å². The third kappa shape index (κ3) is 3.18. The molecule has 5 nitrogen and oxygen atoms in total. The van der Waals surface area contributed by atoms with Crippen molar-refractivity contribution in [2.75, 3.05) is 5.88 Å². The van der Waals surface area contributed by atoms with Gasteiger partial charge in [0.1, 0.15) is 0 Å². The number of fused-ring (bicyclic) bond motifs is 2. The minimum Gasteiger partial charge on any atom is -0.274 e. The predicted octanol–water partition coefficient (Wildman–Crippen LogP) is 3.40. The Morgan fingerprint density at radius 2 is 2.04 bits per heavy atom. The monoisotopic (exact) mass is 389 g/mol. The van der Waals surface area contributed by atoms with Gasteiger partial charge < -0.3 is 0 Å². The van der Waals surface area contributed by atoms with E-state index in [9.17, 15) is 9.59 Å². The molecule has 2 atom stereocenters. The molecule has 1 aliphatic heterocycles. The number of rotatable bonds is 4. The van der Waals surface area contributed by atoms with Crippen molar-refractivity contribution in [3.8, 4) is 0 Å². The van der Waals surface area contributed by atoms with E-state index in [2.05, 4.69) is 10.5 Å². The van der Waals surface area contributed by atoms with E-state index in [1.807, 2.05) is 51.1 Å². The summed E-state index contributed by atoms with van der Waals surface area (Å²) < 4.78 is 0.431. The van der Waals surface area contributed by atoms with Crippen molar-refractivity contribution in [2.45, 2.75) is 33.6 Å². The number of hydrogen-bond donors (Lipinski definition) is 1. The molecule has 0 unspecified atom stereocenters. The molecule has 1 saturated carbocycles. The summed E-state index contributed by atoms with van der Waals surface area (Å²) in [7, 11) is 0. The summed E-state index contributed by atoms with van der Waals surface area (Å²) in [6.45, 7) is 6.06. The quantitative estimate of drug-likeness (QED) is 0.370. The molecule has 7 heteroatoms. The van der Waals surface area contributed by atoms with Crippen LogP contribution in [0.2, 0.25) is 0 Å². The molecule has 2 fully saturated rings. The Morgan fingerprint density at radius 1 is 1.35 bits per heavy atom. The zero-order valence-corrected chi connectivity index (χ0v) is 16.8. The fraction of sp³-hybridized carbons (Fsp3) is 0.474. The lowest BCUT2D eigenvalue weighted by molar-refractivity contribution is -0.166. The molecule has 1 heterocycles. The molecule has 0 aromatic heterocycles. The van der Waals surface area contributed by atoms with Crippen LogP contribution in [0, 0.1) is 16.7 Å². The molecule has 0 spiro atoms. The van der Waals surface area contributed by atoms with Gasteiger partial charge in [0.05, 0.1) is 17.5 Å². The highest BCUT2D eigenvalue weighted by Gasteiger charge is 2.64. The molecule has 1 aromatic rings. The largest absolute Gasteiger partial charge is 0.274 e. The second-order valence-corrected chi connectivity index (χ2v) is 9.18. The summed E-state index contributed by atoms with van der Waals surface area (Å²) in [5, 5.41) is 4.10. The number of carbonyl (C=O) groups is 2. The number of thiocarbonyl (C=S) groups is 1. The van der Waals surface area contributed by atoms with Gasteiger partial charge in [0, 0.05) is 5.92 Å². The maximum atomic E-state index is 12.9. The minimum absolute atomic E-state index is 0.0712. The Bertz CT molecular complexity index is 763. The maximum Gasteiger partial charge on any atom is 0.236 e. The number of thioether (sulfide) groups is 1. The van der Waals surface area contributed by atoms with Crippen LogP contribution in [0.25, 0.3) is 0 Å². The molecule has 1 N–H and O–H groups in total. The van der Waals surface area contributed by atoms with E-state index < -0.39 is 5.41 Å². The van der Waals surface area contributed by atoms with Crippen molar-refractivity contribution in [3.63, 3.8) is 0 Å². The van der Waals surface area contributed by atoms with E-state index in [0.29, 0.717) is 4.32 Å². The van der Waals surface area contributed by atoms with Crippen molar-refractivity contribution < 1.29 is 9.59 Å². The van der Waals surface area contributed by atoms with Gasteiger partial charge in [-0.1, -0.05) is 75.1 Å². The van der Waals surface area contributed by atoms with Crippen molar-refractivity contribution in [3.05, 3.63) is 35.9 Å². The molecule has 1 aliphatic carbocycles. The van der Waals surface area contributed by atoms with Gasteiger partial charge in [0.25, 0.3) is 0 Å². The van der Waals surface area contributed by atoms with Crippen molar-refractivity contribution in [2.24, 2.45) is 21.8 Å². The fourth-order valence-electron chi connectivity index (χ4n) is 3.88. The number of likely N-dealkylation sites (tertiary alicyclic amines) is 1. The molecule has 2 bridgehead atoms. The molecule has 1 aromatic carbocycles. The van der Waals surface area contributed by atoms with E-state index in [0.717, 1.165) is 18.4 Å². The van der Waals surface area contributed by atoms with Gasteiger partial charge in [-0.2, -0.15) is 5.10 Å². The number of nitrogens with zero attached hydrogens (tertiary/aromatic N) is 2. The van der Waals surface area contributed by atoms with Crippen LogP contribution in [-0.2, 0) is 9.59 Å². The Kier molecular flexibility index (Phi) is 5.21. The van der Waals surface area contributed by atoms with E-state index in [-0.39, 0.29) is 29.0 Å². The molecular weight excluding hydrogens is 366 g/mol. The lowest BCUT2D eigenvalue weighted by atomic mass is 9.62. The van der Waals surface area contributed by atoms with Gasteiger partial charge >= 0.3 is 0 Å². The molecule has 26 heavy (non-hydrogen) atoms. The highest BCUT2D eigenvalue weighted by atomic mass is 32.2. The number of carbonyl (C=O) groups excluding carboxylic acids is 2. The Balaban J connectivity index is 1.58. The van der Waals surface area contributed by atoms with E-state index >= 15 is 0 Å². The van der Waals surface area contributed by atoms with Crippen LogP contribution in [0.3, 0.4) is 0 Å². The fourth-order valence-corrected chi connectivity index (χ4v) is 4.70. The van der Waals surface area contributed by atoms with Gasteiger partial charge in [-0.3, -0.25) is 19.9 Å². The van der Waals surface area contributed by atoms with E-state index in [1.54, 1.807) is 6.21 Å². The number of hydrazone groups is 1. The first kappa shape index (κ1) is 19.0. The molecule has 2 amide bonds. The average Bonchev–Trinajstić information content (AvgIpc) is 2.79. The maximum absolute atomic E-state index is 12.9. The van der Waals surface area contributed by atoms with Gasteiger partial charge in [0.2, 0.25) is 11.8 Å². The molecular formula is C19H23N3O2S2. The Hall–Kier alpha value is -1.73. The van der Waals surface area contributed by atoms with Crippen molar-refractivity contribution in [1.82, 2.24) is 10.3 Å². The van der Waals surface area contributed by atoms with Crippen LogP contribution in [-0.4, -0.2) is 33.1 Å². The molecule has 0 radical (unpaired) electrons. The first-order valence-electron chi connectivity index (χ1n) is 8.64. The topological polar surface area (TPSA) is 61.8 Å². The number of amides is 2. The van der Waals surface area contributed by atoms with Crippen LogP contribution in [0.5, 0.6) is 0 Å². The second kappa shape index (κ2) is 7.12. The number of benzene rings is 1. The first-order valence-corrected chi connectivity index (χ1v) is 10.0. The zero-order chi connectivity index (χ0) is 18.9. The molecule has 1 saturated heterocycles. The van der Waals surface area contributed by atoms with Crippen LogP contribution >= 0.6 is 24.0 Å². The van der Waals surface area contributed by atoms with Gasteiger partial charge in [0.15, 0.2) is 4.32 Å². The van der Waals surface area contributed by atoms with Crippen molar-refractivity contribution in [1.29, 1.82) is 0 Å². The summed E-state index contributed by atoms with van der Waals surface area (Å²) >= 11 is 6.50. The number of hydrogen-bond acceptors (Lipinski definition) is 5. The van der Waals surface area contributed by atoms with Crippen LogP contribution in [0.1, 0.15) is 39.2 Å². The predicted molar refractivity (Wildman–Crippen MR) is 109 cm³/mol. The van der Waals surface area contributed by atoms with Gasteiger partial charge in [-0.05, 0) is 23.8 Å². The molecule has 2 aliphatic rings. The molecule has 138 valence electrons.